The molecule has 142 valence electrons. The molecule has 2 N–H and O–H groups in total. The SMILES string of the molecule is Cc1onc2c1c(=O)n(C1CCCC(CNC(=O)O)C1)c1cc(Cl)cnc21. The number of carbonyl (C=O) groups is 1. The molecule has 1 saturated carbocycles. The molecule has 1 amide bonds. The maximum Gasteiger partial charge on any atom is 0.404 e. The Labute approximate surface area is 159 Å². The van der Waals surface area contributed by atoms with E-state index in [1.165, 1.54) is 6.20 Å². The maximum absolute atomic E-state index is 13.3. The van der Waals surface area contributed by atoms with Crippen LogP contribution in [0.15, 0.2) is 21.6 Å². The number of pyridine rings is 2. The molecule has 1 aliphatic carbocycles. The van der Waals surface area contributed by atoms with Crippen molar-refractivity contribution in [2.45, 2.75) is 38.6 Å². The number of halogens is 1. The zero-order valence-corrected chi connectivity index (χ0v) is 15.5. The van der Waals surface area contributed by atoms with Crippen molar-refractivity contribution < 1.29 is 14.4 Å². The van der Waals surface area contributed by atoms with Crippen molar-refractivity contribution in [1.29, 1.82) is 0 Å². The lowest BCUT2D eigenvalue weighted by Gasteiger charge is -2.31. The van der Waals surface area contributed by atoms with Crippen molar-refractivity contribution in [3.05, 3.63) is 33.4 Å². The monoisotopic (exact) mass is 390 g/mol. The summed E-state index contributed by atoms with van der Waals surface area (Å²) in [7, 11) is 0. The summed E-state index contributed by atoms with van der Waals surface area (Å²) in [6.45, 7) is 2.09. The zero-order valence-electron chi connectivity index (χ0n) is 14.7. The molecule has 1 aliphatic rings. The quantitative estimate of drug-likeness (QED) is 0.708. The van der Waals surface area contributed by atoms with Gasteiger partial charge in [0.1, 0.15) is 22.2 Å². The zero-order chi connectivity index (χ0) is 19.1. The molecule has 0 saturated heterocycles. The summed E-state index contributed by atoms with van der Waals surface area (Å²) in [5, 5.41) is 16.2. The molecule has 3 aromatic rings. The highest BCUT2D eigenvalue weighted by Gasteiger charge is 2.28. The van der Waals surface area contributed by atoms with Gasteiger partial charge in [0.05, 0.1) is 10.5 Å². The number of aryl methyl sites for hydroxylation is 1. The Morgan fingerprint density at radius 3 is 3.04 bits per heavy atom. The highest BCUT2D eigenvalue weighted by molar-refractivity contribution is 6.31. The van der Waals surface area contributed by atoms with Gasteiger partial charge in [0, 0.05) is 18.8 Å². The van der Waals surface area contributed by atoms with Gasteiger partial charge in [-0.25, -0.2) is 4.79 Å². The van der Waals surface area contributed by atoms with Gasteiger partial charge in [-0.2, -0.15) is 0 Å². The molecule has 9 heteroatoms. The van der Waals surface area contributed by atoms with Gasteiger partial charge in [0.15, 0.2) is 0 Å². The molecule has 3 aromatic heterocycles. The number of hydrogen-bond donors (Lipinski definition) is 2. The van der Waals surface area contributed by atoms with Crippen LogP contribution in [-0.4, -0.2) is 32.5 Å². The van der Waals surface area contributed by atoms with Crippen LogP contribution in [0.1, 0.15) is 37.5 Å². The Morgan fingerprint density at radius 2 is 2.26 bits per heavy atom. The fourth-order valence-electron chi connectivity index (χ4n) is 4.09. The number of fused-ring (bicyclic) bond motifs is 3. The average Bonchev–Trinajstić information content (AvgIpc) is 3.02. The topological polar surface area (TPSA) is 110 Å². The molecule has 8 nitrogen and oxygen atoms in total. The minimum absolute atomic E-state index is 0.0617. The fraction of sp³-hybridized carbons (Fsp3) is 0.444. The number of nitrogens with zero attached hydrogens (tertiary/aromatic N) is 3. The van der Waals surface area contributed by atoms with Gasteiger partial charge in [0.25, 0.3) is 5.56 Å². The molecular weight excluding hydrogens is 372 g/mol. The van der Waals surface area contributed by atoms with E-state index in [1.54, 1.807) is 17.6 Å². The molecule has 27 heavy (non-hydrogen) atoms. The summed E-state index contributed by atoms with van der Waals surface area (Å²) < 4.78 is 6.99. The van der Waals surface area contributed by atoms with Crippen LogP contribution in [0.3, 0.4) is 0 Å². The molecule has 4 rings (SSSR count). The number of nitrogens with one attached hydrogen (secondary N) is 1. The highest BCUT2D eigenvalue weighted by Crippen LogP contribution is 2.35. The second kappa shape index (κ2) is 6.84. The highest BCUT2D eigenvalue weighted by atomic mass is 35.5. The third kappa shape index (κ3) is 3.14. The van der Waals surface area contributed by atoms with E-state index in [1.807, 2.05) is 0 Å². The van der Waals surface area contributed by atoms with Crippen LogP contribution in [0.25, 0.3) is 21.9 Å². The van der Waals surface area contributed by atoms with Crippen LogP contribution in [-0.2, 0) is 0 Å². The molecule has 0 spiro atoms. The maximum atomic E-state index is 13.3. The molecule has 0 radical (unpaired) electrons. The number of aromatic nitrogens is 3. The molecule has 0 aromatic carbocycles. The third-order valence-corrected chi connectivity index (χ3v) is 5.48. The summed E-state index contributed by atoms with van der Waals surface area (Å²) in [6, 6.07) is 1.67. The first-order chi connectivity index (χ1) is 13.0. The Morgan fingerprint density at radius 1 is 1.44 bits per heavy atom. The van der Waals surface area contributed by atoms with E-state index < -0.39 is 6.09 Å². The van der Waals surface area contributed by atoms with Crippen LogP contribution in [0, 0.1) is 12.8 Å². The van der Waals surface area contributed by atoms with Gasteiger partial charge in [-0.1, -0.05) is 23.2 Å². The van der Waals surface area contributed by atoms with E-state index in [9.17, 15) is 9.59 Å². The van der Waals surface area contributed by atoms with E-state index in [-0.39, 0.29) is 17.5 Å². The minimum atomic E-state index is -1.03. The standard InChI is InChI=1S/C18H19ClN4O4/c1-9-14-16(22-27-9)15-13(6-11(19)8-20-15)23(17(14)24)12-4-2-3-10(5-12)7-21-18(25)26/h6,8,10,12,21H,2-5,7H2,1H3,(H,25,26). The molecule has 1 fully saturated rings. The van der Waals surface area contributed by atoms with Crippen LogP contribution in [0.2, 0.25) is 5.02 Å². The van der Waals surface area contributed by atoms with E-state index in [4.69, 9.17) is 21.2 Å². The van der Waals surface area contributed by atoms with Crippen LogP contribution < -0.4 is 10.9 Å². The lowest BCUT2D eigenvalue weighted by atomic mass is 9.85. The summed E-state index contributed by atoms with van der Waals surface area (Å²) in [4.78, 5) is 28.5. The molecule has 0 bridgehead atoms. The van der Waals surface area contributed by atoms with Gasteiger partial charge >= 0.3 is 6.09 Å². The van der Waals surface area contributed by atoms with Gasteiger partial charge in [-0.05, 0) is 38.2 Å². The second-order valence-corrected chi connectivity index (χ2v) is 7.47. The smallest absolute Gasteiger partial charge is 0.404 e. The molecule has 2 unspecified atom stereocenters. The molecule has 2 atom stereocenters. The predicted molar refractivity (Wildman–Crippen MR) is 100 cm³/mol. The van der Waals surface area contributed by atoms with Crippen molar-refractivity contribution in [3.8, 4) is 0 Å². The van der Waals surface area contributed by atoms with Crippen molar-refractivity contribution in [3.63, 3.8) is 0 Å². The van der Waals surface area contributed by atoms with E-state index >= 15 is 0 Å². The normalized spacial score (nSPS) is 20.2. The first-order valence-corrected chi connectivity index (χ1v) is 9.26. The van der Waals surface area contributed by atoms with Gasteiger partial charge < -0.3 is 19.5 Å². The molecular formula is C18H19ClN4O4. The number of rotatable bonds is 3. The van der Waals surface area contributed by atoms with Crippen LogP contribution >= 0.6 is 11.6 Å². The van der Waals surface area contributed by atoms with Crippen LogP contribution in [0.5, 0.6) is 0 Å². The lowest BCUT2D eigenvalue weighted by Crippen LogP contribution is -2.34. The predicted octanol–water partition coefficient (Wildman–Crippen LogP) is 3.50. The second-order valence-electron chi connectivity index (χ2n) is 7.03. The van der Waals surface area contributed by atoms with Crippen molar-refractivity contribution in [2.75, 3.05) is 6.54 Å². The Kier molecular flexibility index (Phi) is 4.51. The van der Waals surface area contributed by atoms with Crippen LogP contribution in [0.4, 0.5) is 4.79 Å². The number of amides is 1. The van der Waals surface area contributed by atoms with Crippen molar-refractivity contribution >= 4 is 39.6 Å². The fourth-order valence-corrected chi connectivity index (χ4v) is 4.24. The largest absolute Gasteiger partial charge is 0.465 e. The first kappa shape index (κ1) is 17.8. The molecule has 3 heterocycles. The Bertz CT molecular complexity index is 1090. The molecule has 0 aliphatic heterocycles. The Balaban J connectivity index is 1.85. The van der Waals surface area contributed by atoms with Crippen molar-refractivity contribution in [2.24, 2.45) is 5.92 Å². The third-order valence-electron chi connectivity index (χ3n) is 5.28. The average molecular weight is 391 g/mol. The summed E-state index contributed by atoms with van der Waals surface area (Å²) in [5.74, 6) is 0.635. The number of carboxylic acid groups (broad SMARTS) is 1. The number of hydrogen-bond acceptors (Lipinski definition) is 5. The van der Waals surface area contributed by atoms with Gasteiger partial charge in [-0.15, -0.1) is 0 Å². The van der Waals surface area contributed by atoms with Gasteiger partial charge in [-0.3, -0.25) is 9.78 Å². The minimum Gasteiger partial charge on any atom is -0.465 e. The summed E-state index contributed by atoms with van der Waals surface area (Å²) in [6.07, 6.45) is 3.88. The lowest BCUT2D eigenvalue weighted by molar-refractivity contribution is 0.187. The summed E-state index contributed by atoms with van der Waals surface area (Å²) >= 11 is 6.15. The van der Waals surface area contributed by atoms with Crippen molar-refractivity contribution in [1.82, 2.24) is 20.0 Å². The first-order valence-electron chi connectivity index (χ1n) is 8.88. The van der Waals surface area contributed by atoms with E-state index in [2.05, 4.69) is 15.5 Å². The summed E-state index contributed by atoms with van der Waals surface area (Å²) in [5.41, 5.74) is 1.49. The van der Waals surface area contributed by atoms with E-state index in [0.717, 1.165) is 19.3 Å². The van der Waals surface area contributed by atoms with Gasteiger partial charge in [0.2, 0.25) is 0 Å². The Hall–Kier alpha value is -2.61. The van der Waals surface area contributed by atoms with E-state index in [0.29, 0.717) is 45.7 Å².